The van der Waals surface area contributed by atoms with Crippen LogP contribution in [-0.4, -0.2) is 67.6 Å². The molecule has 1 saturated heterocycles. The van der Waals surface area contributed by atoms with Crippen LogP contribution in [-0.2, 0) is 4.74 Å². The van der Waals surface area contributed by atoms with E-state index in [-0.39, 0.29) is 5.91 Å². The van der Waals surface area contributed by atoms with Crippen molar-refractivity contribution in [2.75, 3.05) is 46.9 Å². The summed E-state index contributed by atoms with van der Waals surface area (Å²) in [5, 5.41) is 0. The number of hydrogen-bond acceptors (Lipinski definition) is 4. The van der Waals surface area contributed by atoms with Gasteiger partial charge >= 0.3 is 0 Å². The fraction of sp³-hybridized carbons (Fsp3) is 0.600. The molecule has 0 saturated carbocycles. The molecule has 1 amide bonds. The highest BCUT2D eigenvalue weighted by molar-refractivity contribution is 5.95. The molecule has 0 spiro atoms. The van der Waals surface area contributed by atoms with Crippen LogP contribution >= 0.6 is 0 Å². The van der Waals surface area contributed by atoms with Crippen molar-refractivity contribution in [2.45, 2.75) is 6.92 Å². The SMILES string of the molecule is Cc1cnccc1C(=O)N1CCOCC(CN(C)C)C1. The van der Waals surface area contributed by atoms with Gasteiger partial charge in [0.1, 0.15) is 0 Å². The van der Waals surface area contributed by atoms with Gasteiger partial charge in [-0.3, -0.25) is 9.78 Å². The van der Waals surface area contributed by atoms with Crippen LogP contribution < -0.4 is 0 Å². The zero-order chi connectivity index (χ0) is 14.5. The van der Waals surface area contributed by atoms with Gasteiger partial charge in [-0.2, -0.15) is 0 Å². The minimum absolute atomic E-state index is 0.0826. The summed E-state index contributed by atoms with van der Waals surface area (Å²) < 4.78 is 5.62. The second-order valence-corrected chi connectivity index (χ2v) is 5.64. The van der Waals surface area contributed by atoms with E-state index in [9.17, 15) is 4.79 Å². The molecule has 1 fully saturated rings. The lowest BCUT2D eigenvalue weighted by molar-refractivity contribution is 0.0734. The Balaban J connectivity index is 2.10. The minimum atomic E-state index is 0.0826. The predicted molar refractivity (Wildman–Crippen MR) is 77.7 cm³/mol. The zero-order valence-electron chi connectivity index (χ0n) is 12.5. The monoisotopic (exact) mass is 277 g/mol. The Morgan fingerprint density at radius 3 is 3.05 bits per heavy atom. The number of nitrogens with zero attached hydrogens (tertiary/aromatic N) is 3. The van der Waals surface area contributed by atoms with Crippen LogP contribution in [0.1, 0.15) is 15.9 Å². The van der Waals surface area contributed by atoms with Crippen molar-refractivity contribution in [3.05, 3.63) is 29.6 Å². The maximum Gasteiger partial charge on any atom is 0.254 e. The quantitative estimate of drug-likeness (QED) is 0.828. The zero-order valence-corrected chi connectivity index (χ0v) is 12.5. The summed E-state index contributed by atoms with van der Waals surface area (Å²) >= 11 is 0. The summed E-state index contributed by atoms with van der Waals surface area (Å²) in [6.07, 6.45) is 3.41. The van der Waals surface area contributed by atoms with Crippen molar-refractivity contribution in [3.8, 4) is 0 Å². The fourth-order valence-corrected chi connectivity index (χ4v) is 2.58. The molecule has 20 heavy (non-hydrogen) atoms. The lowest BCUT2D eigenvalue weighted by Crippen LogP contribution is -2.39. The molecule has 0 radical (unpaired) electrons. The van der Waals surface area contributed by atoms with E-state index >= 15 is 0 Å². The molecular weight excluding hydrogens is 254 g/mol. The summed E-state index contributed by atoms with van der Waals surface area (Å²) in [5.74, 6) is 0.442. The third kappa shape index (κ3) is 3.77. The number of rotatable bonds is 3. The molecule has 1 aromatic heterocycles. The van der Waals surface area contributed by atoms with Gasteiger partial charge in [-0.05, 0) is 32.6 Å². The molecule has 1 aromatic rings. The van der Waals surface area contributed by atoms with E-state index in [2.05, 4.69) is 9.88 Å². The maximum atomic E-state index is 12.6. The topological polar surface area (TPSA) is 45.7 Å². The molecule has 1 aliphatic heterocycles. The smallest absolute Gasteiger partial charge is 0.254 e. The molecule has 0 aromatic carbocycles. The van der Waals surface area contributed by atoms with Crippen LogP contribution in [0, 0.1) is 12.8 Å². The van der Waals surface area contributed by atoms with Gasteiger partial charge in [0.25, 0.3) is 5.91 Å². The number of ether oxygens (including phenoxy) is 1. The Morgan fingerprint density at radius 2 is 2.35 bits per heavy atom. The van der Waals surface area contributed by atoms with Gasteiger partial charge in [0, 0.05) is 43.5 Å². The Morgan fingerprint density at radius 1 is 1.55 bits per heavy atom. The number of amides is 1. The predicted octanol–water partition coefficient (Wildman–Crippen LogP) is 1.04. The van der Waals surface area contributed by atoms with Crippen LogP contribution in [0.3, 0.4) is 0 Å². The van der Waals surface area contributed by atoms with Gasteiger partial charge in [-0.25, -0.2) is 0 Å². The van der Waals surface area contributed by atoms with E-state index in [0.29, 0.717) is 19.1 Å². The van der Waals surface area contributed by atoms with E-state index in [4.69, 9.17) is 4.74 Å². The Hall–Kier alpha value is -1.46. The molecule has 0 bridgehead atoms. The summed E-state index contributed by atoms with van der Waals surface area (Å²) in [5.41, 5.74) is 1.66. The summed E-state index contributed by atoms with van der Waals surface area (Å²) in [6, 6.07) is 1.80. The molecule has 1 unspecified atom stereocenters. The van der Waals surface area contributed by atoms with Crippen molar-refractivity contribution in [1.82, 2.24) is 14.8 Å². The van der Waals surface area contributed by atoms with Gasteiger partial charge in [-0.15, -0.1) is 0 Å². The van der Waals surface area contributed by atoms with Gasteiger partial charge in [-0.1, -0.05) is 0 Å². The summed E-state index contributed by atoms with van der Waals surface area (Å²) in [4.78, 5) is 20.7. The largest absolute Gasteiger partial charge is 0.379 e. The minimum Gasteiger partial charge on any atom is -0.379 e. The highest BCUT2D eigenvalue weighted by Gasteiger charge is 2.24. The van der Waals surface area contributed by atoms with Crippen molar-refractivity contribution in [2.24, 2.45) is 5.92 Å². The van der Waals surface area contributed by atoms with Gasteiger partial charge in [0.05, 0.1) is 13.2 Å². The van der Waals surface area contributed by atoms with E-state index < -0.39 is 0 Å². The first-order valence-electron chi connectivity index (χ1n) is 7.00. The van der Waals surface area contributed by atoms with Crippen LogP contribution in [0.4, 0.5) is 0 Å². The number of carbonyl (C=O) groups is 1. The third-order valence-corrected chi connectivity index (χ3v) is 3.50. The number of aryl methyl sites for hydroxylation is 1. The molecule has 2 rings (SSSR count). The lowest BCUT2D eigenvalue weighted by Gasteiger charge is -2.25. The average Bonchev–Trinajstić information content (AvgIpc) is 2.63. The highest BCUT2D eigenvalue weighted by Crippen LogP contribution is 2.14. The van der Waals surface area contributed by atoms with Crippen LogP contribution in [0.2, 0.25) is 0 Å². The van der Waals surface area contributed by atoms with E-state index in [1.165, 1.54) is 0 Å². The Bertz CT molecular complexity index is 462. The van der Waals surface area contributed by atoms with Crippen LogP contribution in [0.25, 0.3) is 0 Å². The van der Waals surface area contributed by atoms with E-state index in [1.54, 1.807) is 18.5 Å². The van der Waals surface area contributed by atoms with Crippen molar-refractivity contribution >= 4 is 5.91 Å². The normalized spacial score (nSPS) is 20.0. The second kappa shape index (κ2) is 6.81. The van der Waals surface area contributed by atoms with Crippen molar-refractivity contribution < 1.29 is 9.53 Å². The molecule has 1 atom stereocenters. The fourth-order valence-electron chi connectivity index (χ4n) is 2.58. The second-order valence-electron chi connectivity index (χ2n) is 5.64. The van der Waals surface area contributed by atoms with Gasteiger partial charge < -0.3 is 14.5 Å². The van der Waals surface area contributed by atoms with Gasteiger partial charge in [0.15, 0.2) is 0 Å². The standard InChI is InChI=1S/C15H23N3O2/c1-12-8-16-5-4-14(12)15(19)18-6-7-20-11-13(10-18)9-17(2)3/h4-5,8,13H,6-7,9-11H2,1-3H3. The lowest BCUT2D eigenvalue weighted by atomic mass is 10.1. The van der Waals surface area contributed by atoms with Crippen molar-refractivity contribution in [1.29, 1.82) is 0 Å². The molecule has 110 valence electrons. The number of carbonyl (C=O) groups excluding carboxylic acids is 1. The molecule has 1 aliphatic rings. The van der Waals surface area contributed by atoms with Crippen LogP contribution in [0.5, 0.6) is 0 Å². The first kappa shape index (κ1) is 14.9. The molecule has 5 heteroatoms. The first-order chi connectivity index (χ1) is 9.58. The van der Waals surface area contributed by atoms with Crippen LogP contribution in [0.15, 0.2) is 18.5 Å². The third-order valence-electron chi connectivity index (χ3n) is 3.50. The molecule has 0 N–H and O–H groups in total. The van der Waals surface area contributed by atoms with E-state index in [0.717, 1.165) is 30.8 Å². The molecule has 2 heterocycles. The summed E-state index contributed by atoms with van der Waals surface area (Å²) in [6.45, 7) is 5.59. The Kier molecular flexibility index (Phi) is 5.09. The maximum absolute atomic E-state index is 12.6. The number of aromatic nitrogens is 1. The number of pyridine rings is 1. The molecule has 0 aliphatic carbocycles. The average molecular weight is 277 g/mol. The van der Waals surface area contributed by atoms with Crippen molar-refractivity contribution in [3.63, 3.8) is 0 Å². The molecule has 5 nitrogen and oxygen atoms in total. The highest BCUT2D eigenvalue weighted by atomic mass is 16.5. The van der Waals surface area contributed by atoms with E-state index in [1.807, 2.05) is 25.9 Å². The molecular formula is C15H23N3O2. The number of hydrogen-bond donors (Lipinski definition) is 0. The first-order valence-corrected chi connectivity index (χ1v) is 7.00. The van der Waals surface area contributed by atoms with Gasteiger partial charge in [0.2, 0.25) is 0 Å². The summed E-state index contributed by atoms with van der Waals surface area (Å²) in [7, 11) is 4.09. The Labute approximate surface area is 120 Å².